The molecule has 1 aliphatic heterocycles. The van der Waals surface area contributed by atoms with Crippen LogP contribution in [0.1, 0.15) is 19.8 Å². The number of benzene rings is 1. The molecule has 0 spiro atoms. The quantitative estimate of drug-likeness (QED) is 0.624. The number of primary amides is 1. The predicted octanol–water partition coefficient (Wildman–Crippen LogP) is 2.82. The average Bonchev–Trinajstić information content (AvgIpc) is 2.77. The van der Waals surface area contributed by atoms with Gasteiger partial charge in [0.1, 0.15) is 0 Å². The molecule has 1 fully saturated rings. The van der Waals surface area contributed by atoms with Crippen LogP contribution >= 0.6 is 0 Å². The number of likely N-dealkylation sites (N-methyl/N-ethyl adjacent to an activating group) is 1. The van der Waals surface area contributed by atoms with Crippen molar-refractivity contribution in [2.24, 2.45) is 5.73 Å². The highest BCUT2D eigenvalue weighted by molar-refractivity contribution is 7.90. The summed E-state index contributed by atoms with van der Waals surface area (Å²) in [5.74, 6) is -0.593. The molecule has 176 valence electrons. The van der Waals surface area contributed by atoms with Crippen LogP contribution in [0, 0.1) is 0 Å². The van der Waals surface area contributed by atoms with E-state index >= 15 is 0 Å². The van der Waals surface area contributed by atoms with Crippen molar-refractivity contribution in [3.05, 3.63) is 76.8 Å². The lowest BCUT2D eigenvalue weighted by Gasteiger charge is -2.36. The molecule has 0 aromatic heterocycles. The van der Waals surface area contributed by atoms with Gasteiger partial charge in [-0.15, -0.1) is 0 Å². The first-order valence-electron chi connectivity index (χ1n) is 11.1. The zero-order chi connectivity index (χ0) is 24.0. The van der Waals surface area contributed by atoms with Crippen LogP contribution in [0.15, 0.2) is 81.7 Å². The maximum Gasteiger partial charge on any atom is 0.251 e. The van der Waals surface area contributed by atoms with E-state index < -0.39 is 15.7 Å². The molecule has 1 saturated heterocycles. The van der Waals surface area contributed by atoms with Gasteiger partial charge in [0.25, 0.3) is 5.91 Å². The summed E-state index contributed by atoms with van der Waals surface area (Å²) in [4.78, 5) is 17.2. The van der Waals surface area contributed by atoms with Crippen molar-refractivity contribution in [3.63, 3.8) is 0 Å². The van der Waals surface area contributed by atoms with E-state index in [9.17, 15) is 13.2 Å². The van der Waals surface area contributed by atoms with Gasteiger partial charge in [-0.1, -0.05) is 30.9 Å². The Hall–Kier alpha value is -3.06. The molecule has 3 N–H and O–H groups in total. The number of amides is 1. The Labute approximate surface area is 196 Å². The summed E-state index contributed by atoms with van der Waals surface area (Å²) in [7, 11) is -1.23. The first-order chi connectivity index (χ1) is 15.7. The van der Waals surface area contributed by atoms with Crippen molar-refractivity contribution < 1.29 is 13.2 Å². The number of carbonyl (C=O) groups excluding carboxylic acids is 1. The minimum absolute atomic E-state index is 0.189. The van der Waals surface area contributed by atoms with E-state index in [1.807, 2.05) is 18.2 Å². The molecule has 8 heteroatoms. The second kappa shape index (κ2) is 10.7. The third kappa shape index (κ3) is 6.48. The van der Waals surface area contributed by atoms with Crippen molar-refractivity contribution in [1.29, 1.82) is 0 Å². The first-order valence-corrected chi connectivity index (χ1v) is 12.9. The van der Waals surface area contributed by atoms with Crippen LogP contribution in [0.2, 0.25) is 0 Å². The minimum Gasteiger partial charge on any atom is -0.372 e. The van der Waals surface area contributed by atoms with Crippen molar-refractivity contribution in [3.8, 4) is 0 Å². The Morgan fingerprint density at radius 1 is 1.21 bits per heavy atom. The zero-order valence-corrected chi connectivity index (χ0v) is 20.3. The molecular weight excluding hydrogens is 436 g/mol. The van der Waals surface area contributed by atoms with Crippen LogP contribution in [0.4, 0.5) is 5.69 Å². The topological polar surface area (TPSA) is 95.7 Å². The lowest BCUT2D eigenvalue weighted by Crippen LogP contribution is -2.44. The third-order valence-corrected chi connectivity index (χ3v) is 6.92. The number of hydrogen-bond donors (Lipinski definition) is 2. The second-order valence-electron chi connectivity index (χ2n) is 8.27. The summed E-state index contributed by atoms with van der Waals surface area (Å²) < 4.78 is 23.9. The number of carbonyl (C=O) groups is 1. The number of nitrogens with zero attached hydrogens (tertiary/aromatic N) is 2. The number of sulfone groups is 1. The summed E-state index contributed by atoms with van der Waals surface area (Å²) >= 11 is 0. The van der Waals surface area contributed by atoms with Gasteiger partial charge < -0.3 is 20.9 Å². The Morgan fingerprint density at radius 3 is 2.58 bits per heavy atom. The fourth-order valence-electron chi connectivity index (χ4n) is 3.89. The van der Waals surface area contributed by atoms with E-state index in [4.69, 9.17) is 5.73 Å². The highest BCUT2D eigenvalue weighted by Gasteiger charge is 2.18. The van der Waals surface area contributed by atoms with E-state index in [0.29, 0.717) is 17.8 Å². The monoisotopic (exact) mass is 468 g/mol. The van der Waals surface area contributed by atoms with Gasteiger partial charge in [-0.2, -0.15) is 0 Å². The highest BCUT2D eigenvalue weighted by atomic mass is 32.2. The molecule has 0 radical (unpaired) electrons. The number of anilines is 1. The SMILES string of the molecule is CCC1=C(/N2CCN(C)CC2)CC=C=C(Nc2cccc(S(C)(=O)=O)c2)\C(C(N)=O)=C/C=C/1. The number of nitrogens with two attached hydrogens (primary N) is 1. The van der Waals surface area contributed by atoms with Crippen LogP contribution < -0.4 is 11.1 Å². The molecule has 1 heterocycles. The fourth-order valence-corrected chi connectivity index (χ4v) is 4.55. The molecule has 2 aliphatic rings. The molecule has 1 aliphatic carbocycles. The van der Waals surface area contributed by atoms with Crippen molar-refractivity contribution in [2.75, 3.05) is 44.8 Å². The smallest absolute Gasteiger partial charge is 0.251 e. The molecule has 1 aromatic rings. The van der Waals surface area contributed by atoms with Gasteiger partial charge in [0.15, 0.2) is 9.84 Å². The normalized spacial score (nSPS) is 22.8. The fraction of sp³-hybridized carbons (Fsp3) is 0.360. The van der Waals surface area contributed by atoms with Gasteiger partial charge in [0.2, 0.25) is 0 Å². The molecule has 0 atom stereocenters. The largest absolute Gasteiger partial charge is 0.372 e. The summed E-state index contributed by atoms with van der Waals surface area (Å²) in [6.07, 6.45) is 10.2. The standard InChI is InChI=1S/C25H32N4O3S/c1-4-19-8-5-11-22(25(26)30)23(27-20-9-6-10-21(18-20)33(3,31)32)12-7-13-24(19)29-16-14-28(2)15-17-29/h5-11,18,27H,4,13-17H2,1-3H3,(H2,26,30)/b8-5+,22-11+,24-19+. The van der Waals surface area contributed by atoms with E-state index in [1.54, 1.807) is 18.2 Å². The lowest BCUT2D eigenvalue weighted by molar-refractivity contribution is -0.114. The van der Waals surface area contributed by atoms with E-state index in [2.05, 4.69) is 34.8 Å². The highest BCUT2D eigenvalue weighted by Crippen LogP contribution is 2.24. The Bertz CT molecular complexity index is 1160. The number of rotatable bonds is 6. The average molecular weight is 469 g/mol. The molecular formula is C25H32N4O3S. The summed E-state index contributed by atoms with van der Waals surface area (Å²) in [5, 5.41) is 3.14. The van der Waals surface area contributed by atoms with Crippen molar-refractivity contribution >= 4 is 21.4 Å². The van der Waals surface area contributed by atoms with Crippen LogP contribution in [-0.2, 0) is 14.6 Å². The lowest BCUT2D eigenvalue weighted by atomic mass is 10.0. The Morgan fingerprint density at radius 2 is 1.94 bits per heavy atom. The van der Waals surface area contributed by atoms with E-state index in [-0.39, 0.29) is 10.5 Å². The van der Waals surface area contributed by atoms with E-state index in [0.717, 1.165) is 38.9 Å². The molecule has 1 amide bonds. The molecule has 3 rings (SSSR count). The summed E-state index contributed by atoms with van der Waals surface area (Å²) in [6.45, 7) is 6.08. The van der Waals surface area contributed by atoms with Crippen molar-refractivity contribution in [2.45, 2.75) is 24.7 Å². The Kier molecular flexibility index (Phi) is 7.97. The van der Waals surface area contributed by atoms with Gasteiger partial charge >= 0.3 is 0 Å². The maximum atomic E-state index is 12.2. The third-order valence-electron chi connectivity index (χ3n) is 5.81. The molecule has 0 unspecified atom stereocenters. The van der Waals surface area contributed by atoms with Crippen molar-refractivity contribution in [1.82, 2.24) is 9.80 Å². The minimum atomic E-state index is -3.36. The molecule has 33 heavy (non-hydrogen) atoms. The number of hydrogen-bond acceptors (Lipinski definition) is 6. The van der Waals surface area contributed by atoms with Gasteiger partial charge in [0, 0.05) is 50.2 Å². The number of nitrogens with one attached hydrogen (secondary N) is 1. The van der Waals surface area contributed by atoms with Gasteiger partial charge in [-0.25, -0.2) is 8.42 Å². The molecule has 1 aromatic carbocycles. The number of piperazine rings is 1. The van der Waals surface area contributed by atoms with Gasteiger partial charge in [-0.3, -0.25) is 4.79 Å². The van der Waals surface area contributed by atoms with E-state index in [1.165, 1.54) is 23.4 Å². The maximum absolute atomic E-state index is 12.2. The first kappa shape index (κ1) is 24.6. The molecule has 0 bridgehead atoms. The molecule has 0 saturated carbocycles. The van der Waals surface area contributed by atoms with Gasteiger partial charge in [-0.05, 0) is 49.4 Å². The summed E-state index contributed by atoms with van der Waals surface area (Å²) in [6, 6.07) is 6.45. The predicted molar refractivity (Wildman–Crippen MR) is 132 cm³/mol. The van der Waals surface area contributed by atoms with Crippen LogP contribution in [0.25, 0.3) is 0 Å². The van der Waals surface area contributed by atoms with Gasteiger partial charge in [0.05, 0.1) is 16.2 Å². The number of allylic oxidation sites excluding steroid dienone is 5. The summed E-state index contributed by atoms with van der Waals surface area (Å²) in [5.41, 5.74) is 12.5. The molecule has 7 nitrogen and oxygen atoms in total. The van der Waals surface area contributed by atoms with Crippen LogP contribution in [0.3, 0.4) is 0 Å². The van der Waals surface area contributed by atoms with Crippen LogP contribution in [0.5, 0.6) is 0 Å². The zero-order valence-electron chi connectivity index (χ0n) is 19.5. The van der Waals surface area contributed by atoms with Crippen LogP contribution in [-0.4, -0.2) is 63.6 Å². The second-order valence-corrected chi connectivity index (χ2v) is 10.3. The Balaban J connectivity index is 2.01.